The molecule has 3 N–H and O–H groups in total. The maximum absolute atomic E-state index is 11.3. The minimum absolute atomic E-state index is 0.0768. The summed E-state index contributed by atoms with van der Waals surface area (Å²) in [5.74, 6) is 0.0768. The van der Waals surface area contributed by atoms with E-state index in [1.54, 1.807) is 0 Å². The van der Waals surface area contributed by atoms with Crippen LogP contribution in [0.15, 0.2) is 12.1 Å². The SMILES string of the molecule is NCCCCC(=O)NCc1ccc(Cl)s1. The van der Waals surface area contributed by atoms with Gasteiger partial charge in [-0.25, -0.2) is 0 Å². The van der Waals surface area contributed by atoms with Crippen LogP contribution in [0.2, 0.25) is 4.34 Å². The number of hydrogen-bond donors (Lipinski definition) is 2. The lowest BCUT2D eigenvalue weighted by atomic mass is 10.2. The standard InChI is InChI=1S/C10H15ClN2OS/c11-9-5-4-8(15-9)7-13-10(14)3-1-2-6-12/h4-5H,1-3,6-7,12H2,(H,13,14). The van der Waals surface area contributed by atoms with Gasteiger partial charge in [0.25, 0.3) is 0 Å². The molecule has 1 amide bonds. The molecule has 5 heteroatoms. The van der Waals surface area contributed by atoms with Gasteiger partial charge in [0.2, 0.25) is 5.91 Å². The van der Waals surface area contributed by atoms with Crippen molar-refractivity contribution in [3.8, 4) is 0 Å². The number of amides is 1. The molecule has 84 valence electrons. The van der Waals surface area contributed by atoms with Crippen LogP contribution in [0.4, 0.5) is 0 Å². The lowest BCUT2D eigenvalue weighted by Crippen LogP contribution is -2.22. The van der Waals surface area contributed by atoms with Crippen molar-refractivity contribution in [1.82, 2.24) is 5.32 Å². The summed E-state index contributed by atoms with van der Waals surface area (Å²) in [6.07, 6.45) is 2.31. The van der Waals surface area contributed by atoms with E-state index in [4.69, 9.17) is 17.3 Å². The average Bonchev–Trinajstić information content (AvgIpc) is 2.62. The molecular formula is C10H15ClN2OS. The third kappa shape index (κ3) is 5.16. The molecule has 0 saturated carbocycles. The second-order valence-corrected chi connectivity index (χ2v) is 5.03. The van der Waals surface area contributed by atoms with Gasteiger partial charge in [-0.2, -0.15) is 0 Å². The van der Waals surface area contributed by atoms with Gasteiger partial charge in [-0.05, 0) is 31.5 Å². The van der Waals surface area contributed by atoms with E-state index in [9.17, 15) is 4.79 Å². The molecule has 0 aliphatic carbocycles. The number of halogens is 1. The lowest BCUT2D eigenvalue weighted by molar-refractivity contribution is -0.121. The quantitative estimate of drug-likeness (QED) is 0.756. The fraction of sp³-hybridized carbons (Fsp3) is 0.500. The third-order valence-corrected chi connectivity index (χ3v) is 3.18. The Morgan fingerprint density at radius 3 is 2.87 bits per heavy atom. The van der Waals surface area contributed by atoms with Gasteiger partial charge in [0.05, 0.1) is 10.9 Å². The molecule has 0 atom stereocenters. The maximum Gasteiger partial charge on any atom is 0.220 e. The first-order valence-corrected chi connectivity index (χ1v) is 6.13. The van der Waals surface area contributed by atoms with Crippen LogP contribution in [0.25, 0.3) is 0 Å². The summed E-state index contributed by atoms with van der Waals surface area (Å²) in [7, 11) is 0. The maximum atomic E-state index is 11.3. The average molecular weight is 247 g/mol. The number of unbranched alkanes of at least 4 members (excludes halogenated alkanes) is 1. The van der Waals surface area contributed by atoms with Gasteiger partial charge in [0.1, 0.15) is 0 Å². The van der Waals surface area contributed by atoms with Crippen LogP contribution in [-0.4, -0.2) is 12.5 Å². The molecule has 0 aromatic carbocycles. The fourth-order valence-electron chi connectivity index (χ4n) is 1.15. The zero-order valence-electron chi connectivity index (χ0n) is 8.46. The van der Waals surface area contributed by atoms with Crippen molar-refractivity contribution in [2.45, 2.75) is 25.8 Å². The van der Waals surface area contributed by atoms with Crippen LogP contribution in [0, 0.1) is 0 Å². The molecule has 3 nitrogen and oxygen atoms in total. The van der Waals surface area contributed by atoms with Crippen LogP contribution < -0.4 is 11.1 Å². The molecule has 0 fully saturated rings. The summed E-state index contributed by atoms with van der Waals surface area (Å²) in [5, 5.41) is 2.84. The molecule has 1 rings (SSSR count). The molecule has 0 aliphatic rings. The molecule has 0 radical (unpaired) electrons. The topological polar surface area (TPSA) is 55.1 Å². The highest BCUT2D eigenvalue weighted by Crippen LogP contribution is 2.20. The number of nitrogens with one attached hydrogen (secondary N) is 1. The molecule has 0 saturated heterocycles. The predicted octanol–water partition coefficient (Wildman–Crippen LogP) is 2.15. The molecule has 0 aliphatic heterocycles. The molecule has 15 heavy (non-hydrogen) atoms. The van der Waals surface area contributed by atoms with Gasteiger partial charge in [-0.3, -0.25) is 4.79 Å². The van der Waals surface area contributed by atoms with Crippen molar-refractivity contribution in [3.05, 3.63) is 21.3 Å². The van der Waals surface area contributed by atoms with Crippen LogP contribution in [0.1, 0.15) is 24.1 Å². The normalized spacial score (nSPS) is 10.3. The zero-order valence-corrected chi connectivity index (χ0v) is 10.0. The second kappa shape index (κ2) is 6.82. The summed E-state index contributed by atoms with van der Waals surface area (Å²) >= 11 is 7.26. The van der Waals surface area contributed by atoms with E-state index in [1.165, 1.54) is 11.3 Å². The Labute approximate surface area is 98.6 Å². The molecule has 0 bridgehead atoms. The minimum atomic E-state index is 0.0768. The number of hydrogen-bond acceptors (Lipinski definition) is 3. The summed E-state index contributed by atoms with van der Waals surface area (Å²) in [4.78, 5) is 12.4. The number of nitrogens with two attached hydrogens (primary N) is 1. The first kappa shape index (κ1) is 12.5. The van der Waals surface area contributed by atoms with Crippen molar-refractivity contribution in [2.75, 3.05) is 6.54 Å². The van der Waals surface area contributed by atoms with E-state index in [0.29, 0.717) is 19.5 Å². The molecular weight excluding hydrogens is 232 g/mol. The summed E-state index contributed by atoms with van der Waals surface area (Å²) in [5.41, 5.74) is 5.34. The van der Waals surface area contributed by atoms with Crippen LogP contribution in [0.3, 0.4) is 0 Å². The fourth-order valence-corrected chi connectivity index (χ4v) is 2.18. The molecule has 1 aromatic heterocycles. The van der Waals surface area contributed by atoms with Gasteiger partial charge >= 0.3 is 0 Å². The summed E-state index contributed by atoms with van der Waals surface area (Å²) in [6, 6.07) is 3.76. The van der Waals surface area contributed by atoms with E-state index < -0.39 is 0 Å². The Morgan fingerprint density at radius 1 is 1.47 bits per heavy atom. The monoisotopic (exact) mass is 246 g/mol. The van der Waals surface area contributed by atoms with E-state index in [2.05, 4.69) is 5.32 Å². The Bertz CT molecular complexity index is 314. The minimum Gasteiger partial charge on any atom is -0.351 e. The van der Waals surface area contributed by atoms with Crippen molar-refractivity contribution in [3.63, 3.8) is 0 Å². The van der Waals surface area contributed by atoms with E-state index in [1.807, 2.05) is 12.1 Å². The van der Waals surface area contributed by atoms with Crippen molar-refractivity contribution in [1.29, 1.82) is 0 Å². The van der Waals surface area contributed by atoms with Crippen LogP contribution >= 0.6 is 22.9 Å². The Morgan fingerprint density at radius 2 is 2.27 bits per heavy atom. The smallest absolute Gasteiger partial charge is 0.220 e. The van der Waals surface area contributed by atoms with Gasteiger partial charge in [0.15, 0.2) is 0 Å². The second-order valence-electron chi connectivity index (χ2n) is 3.23. The number of thiophene rings is 1. The molecule has 1 aromatic rings. The first-order chi connectivity index (χ1) is 7.22. The summed E-state index contributed by atoms with van der Waals surface area (Å²) in [6.45, 7) is 1.21. The Hall–Kier alpha value is -0.580. The van der Waals surface area contributed by atoms with Crippen molar-refractivity contribution >= 4 is 28.8 Å². The number of carbonyl (C=O) groups excluding carboxylic acids is 1. The van der Waals surface area contributed by atoms with Crippen molar-refractivity contribution in [2.24, 2.45) is 5.73 Å². The Kier molecular flexibility index (Phi) is 5.68. The highest BCUT2D eigenvalue weighted by Gasteiger charge is 2.02. The molecule has 0 unspecified atom stereocenters. The van der Waals surface area contributed by atoms with Crippen LogP contribution in [0.5, 0.6) is 0 Å². The van der Waals surface area contributed by atoms with Gasteiger partial charge in [-0.15, -0.1) is 11.3 Å². The van der Waals surface area contributed by atoms with Gasteiger partial charge < -0.3 is 11.1 Å². The Balaban J connectivity index is 2.16. The van der Waals surface area contributed by atoms with Crippen molar-refractivity contribution < 1.29 is 4.79 Å². The lowest BCUT2D eigenvalue weighted by Gasteiger charge is -2.02. The van der Waals surface area contributed by atoms with E-state index in [0.717, 1.165) is 22.1 Å². The van der Waals surface area contributed by atoms with Gasteiger partial charge in [-0.1, -0.05) is 11.6 Å². The zero-order chi connectivity index (χ0) is 11.1. The van der Waals surface area contributed by atoms with Gasteiger partial charge in [0, 0.05) is 11.3 Å². The largest absolute Gasteiger partial charge is 0.351 e. The first-order valence-electron chi connectivity index (χ1n) is 4.93. The molecule has 1 heterocycles. The predicted molar refractivity (Wildman–Crippen MR) is 64.1 cm³/mol. The van der Waals surface area contributed by atoms with E-state index >= 15 is 0 Å². The number of carbonyl (C=O) groups is 1. The van der Waals surface area contributed by atoms with Crippen LogP contribution in [-0.2, 0) is 11.3 Å². The van der Waals surface area contributed by atoms with E-state index in [-0.39, 0.29) is 5.91 Å². The molecule has 0 spiro atoms. The number of rotatable bonds is 6. The highest BCUT2D eigenvalue weighted by atomic mass is 35.5. The highest BCUT2D eigenvalue weighted by molar-refractivity contribution is 7.16. The third-order valence-electron chi connectivity index (χ3n) is 1.95. The summed E-state index contributed by atoms with van der Waals surface area (Å²) < 4.78 is 0.752.